The summed E-state index contributed by atoms with van der Waals surface area (Å²) < 4.78 is 0. The molecule has 1 amide bonds. The number of fused-ring (bicyclic) bond motifs is 1. The van der Waals surface area contributed by atoms with Crippen molar-refractivity contribution in [1.82, 2.24) is 9.80 Å². The highest BCUT2D eigenvalue weighted by Crippen LogP contribution is 2.34. The molecule has 0 saturated carbocycles. The summed E-state index contributed by atoms with van der Waals surface area (Å²) in [5, 5.41) is 0. The van der Waals surface area contributed by atoms with Crippen molar-refractivity contribution < 1.29 is 4.79 Å². The molecule has 3 atom stereocenters. The zero-order chi connectivity index (χ0) is 13.7. The number of carbonyl (C=O) groups is 1. The first-order valence-corrected chi connectivity index (χ1v) is 7.29. The molecule has 0 aromatic rings. The standard InChI is InChI=1S/C15H28N2O/c1-10(2)13-14(18)16-8-11(3)7-12(16)9-17(13)15(4,5)6/h10-13H,7-9H2,1-6H3. The van der Waals surface area contributed by atoms with Crippen LogP contribution in [0.3, 0.4) is 0 Å². The van der Waals surface area contributed by atoms with Gasteiger partial charge in [-0.25, -0.2) is 0 Å². The van der Waals surface area contributed by atoms with Gasteiger partial charge in [0.05, 0.1) is 6.04 Å². The first-order valence-electron chi connectivity index (χ1n) is 7.29. The van der Waals surface area contributed by atoms with E-state index in [9.17, 15) is 4.79 Å². The van der Waals surface area contributed by atoms with Crippen molar-refractivity contribution in [3.05, 3.63) is 0 Å². The van der Waals surface area contributed by atoms with Crippen molar-refractivity contribution >= 4 is 5.91 Å². The number of hydrogen-bond acceptors (Lipinski definition) is 2. The Morgan fingerprint density at radius 2 is 1.83 bits per heavy atom. The zero-order valence-corrected chi connectivity index (χ0v) is 12.7. The van der Waals surface area contributed by atoms with Crippen LogP contribution in [0.1, 0.15) is 48.0 Å². The van der Waals surface area contributed by atoms with E-state index in [-0.39, 0.29) is 11.6 Å². The summed E-state index contributed by atoms with van der Waals surface area (Å²) in [6, 6.07) is 0.508. The summed E-state index contributed by atoms with van der Waals surface area (Å²) in [5.41, 5.74) is 0.0719. The second-order valence-electron chi connectivity index (χ2n) is 7.50. The number of nitrogens with zero attached hydrogens (tertiary/aromatic N) is 2. The van der Waals surface area contributed by atoms with Crippen LogP contribution in [0.15, 0.2) is 0 Å². The second kappa shape index (κ2) is 4.52. The summed E-state index contributed by atoms with van der Waals surface area (Å²) >= 11 is 0. The molecule has 0 bridgehead atoms. The molecule has 2 aliphatic heterocycles. The minimum Gasteiger partial charge on any atom is -0.337 e. The van der Waals surface area contributed by atoms with Crippen LogP contribution in [0.2, 0.25) is 0 Å². The van der Waals surface area contributed by atoms with Gasteiger partial charge in [0.1, 0.15) is 0 Å². The highest BCUT2D eigenvalue weighted by Gasteiger charge is 2.48. The average molecular weight is 252 g/mol. The molecule has 2 heterocycles. The Bertz CT molecular complexity index is 332. The number of hydrogen-bond donors (Lipinski definition) is 0. The van der Waals surface area contributed by atoms with E-state index in [2.05, 4.69) is 51.3 Å². The van der Waals surface area contributed by atoms with E-state index in [0.29, 0.717) is 23.8 Å². The van der Waals surface area contributed by atoms with Crippen LogP contribution in [-0.2, 0) is 4.79 Å². The lowest BCUT2D eigenvalue weighted by Gasteiger charge is -2.50. The molecule has 2 fully saturated rings. The molecule has 3 nitrogen and oxygen atoms in total. The molecule has 104 valence electrons. The summed E-state index contributed by atoms with van der Waals surface area (Å²) in [5.74, 6) is 1.40. The molecule has 3 unspecified atom stereocenters. The van der Waals surface area contributed by atoms with Crippen molar-refractivity contribution in [2.45, 2.75) is 65.6 Å². The van der Waals surface area contributed by atoms with E-state index in [1.165, 1.54) is 6.42 Å². The fraction of sp³-hybridized carbons (Fsp3) is 0.933. The molecule has 3 heteroatoms. The van der Waals surface area contributed by atoms with Gasteiger partial charge in [-0.1, -0.05) is 20.8 Å². The smallest absolute Gasteiger partial charge is 0.240 e. The maximum Gasteiger partial charge on any atom is 0.240 e. The first-order chi connectivity index (χ1) is 8.21. The van der Waals surface area contributed by atoms with Gasteiger partial charge in [-0.2, -0.15) is 0 Å². The second-order valence-corrected chi connectivity index (χ2v) is 7.50. The van der Waals surface area contributed by atoms with Crippen molar-refractivity contribution in [2.75, 3.05) is 13.1 Å². The Kier molecular flexibility index (Phi) is 3.48. The van der Waals surface area contributed by atoms with Crippen LogP contribution < -0.4 is 0 Å². The summed E-state index contributed by atoms with van der Waals surface area (Å²) in [6.45, 7) is 15.3. The van der Waals surface area contributed by atoms with Crippen LogP contribution in [0.4, 0.5) is 0 Å². The van der Waals surface area contributed by atoms with E-state index in [1.54, 1.807) is 0 Å². The molecule has 0 spiro atoms. The van der Waals surface area contributed by atoms with E-state index in [0.717, 1.165) is 13.1 Å². The Morgan fingerprint density at radius 1 is 1.22 bits per heavy atom. The monoisotopic (exact) mass is 252 g/mol. The summed E-state index contributed by atoms with van der Waals surface area (Å²) in [6.07, 6.45) is 1.17. The molecule has 2 rings (SSSR count). The molecule has 0 N–H and O–H groups in total. The maximum absolute atomic E-state index is 12.7. The Hall–Kier alpha value is -0.570. The van der Waals surface area contributed by atoms with Crippen LogP contribution in [0.25, 0.3) is 0 Å². The highest BCUT2D eigenvalue weighted by atomic mass is 16.2. The molecule has 18 heavy (non-hydrogen) atoms. The third-order valence-electron chi connectivity index (χ3n) is 4.40. The molecule has 0 aromatic heterocycles. The van der Waals surface area contributed by atoms with Gasteiger partial charge in [-0.05, 0) is 39.0 Å². The quantitative estimate of drug-likeness (QED) is 0.715. The number of piperazine rings is 1. The van der Waals surface area contributed by atoms with Gasteiger partial charge in [0.25, 0.3) is 0 Å². The molecule has 0 aromatic carbocycles. The van der Waals surface area contributed by atoms with E-state index < -0.39 is 0 Å². The lowest BCUT2D eigenvalue weighted by Crippen LogP contribution is -2.65. The van der Waals surface area contributed by atoms with Crippen LogP contribution in [-0.4, -0.2) is 46.4 Å². The first kappa shape index (κ1) is 13.9. The predicted molar refractivity (Wildman–Crippen MR) is 74.4 cm³/mol. The third-order valence-corrected chi connectivity index (χ3v) is 4.40. The van der Waals surface area contributed by atoms with E-state index in [1.807, 2.05) is 0 Å². The lowest BCUT2D eigenvalue weighted by molar-refractivity contribution is -0.150. The molecular formula is C15H28N2O. The van der Waals surface area contributed by atoms with Crippen LogP contribution >= 0.6 is 0 Å². The van der Waals surface area contributed by atoms with Gasteiger partial charge in [-0.15, -0.1) is 0 Å². The van der Waals surface area contributed by atoms with Gasteiger partial charge in [0.15, 0.2) is 0 Å². The van der Waals surface area contributed by atoms with E-state index >= 15 is 0 Å². The summed E-state index contributed by atoms with van der Waals surface area (Å²) in [4.78, 5) is 17.3. The van der Waals surface area contributed by atoms with Gasteiger partial charge >= 0.3 is 0 Å². The SMILES string of the molecule is CC1CC2CN(C(C)(C)C)C(C(C)C)C(=O)N2C1. The van der Waals surface area contributed by atoms with Crippen LogP contribution in [0, 0.1) is 11.8 Å². The fourth-order valence-corrected chi connectivity index (χ4v) is 3.57. The summed E-state index contributed by atoms with van der Waals surface area (Å²) in [7, 11) is 0. The molecular weight excluding hydrogens is 224 g/mol. The van der Waals surface area contributed by atoms with Crippen molar-refractivity contribution in [3.8, 4) is 0 Å². The number of carbonyl (C=O) groups excluding carboxylic acids is 1. The minimum absolute atomic E-state index is 0.0616. The highest BCUT2D eigenvalue weighted by molar-refractivity contribution is 5.83. The molecule has 2 saturated heterocycles. The number of rotatable bonds is 1. The fourth-order valence-electron chi connectivity index (χ4n) is 3.57. The normalized spacial score (nSPS) is 34.3. The van der Waals surface area contributed by atoms with Crippen LogP contribution in [0.5, 0.6) is 0 Å². The van der Waals surface area contributed by atoms with Crippen molar-refractivity contribution in [2.24, 2.45) is 11.8 Å². The Balaban J connectivity index is 2.28. The van der Waals surface area contributed by atoms with Crippen molar-refractivity contribution in [1.29, 1.82) is 0 Å². The van der Waals surface area contributed by atoms with Gasteiger partial charge in [0, 0.05) is 24.7 Å². The van der Waals surface area contributed by atoms with Crippen molar-refractivity contribution in [3.63, 3.8) is 0 Å². The Labute approximate surface area is 112 Å². The lowest BCUT2D eigenvalue weighted by atomic mass is 9.91. The Morgan fingerprint density at radius 3 is 2.33 bits per heavy atom. The largest absolute Gasteiger partial charge is 0.337 e. The number of amides is 1. The average Bonchev–Trinajstić information content (AvgIpc) is 2.56. The predicted octanol–water partition coefficient (Wildman–Crippen LogP) is 2.36. The van der Waals surface area contributed by atoms with Gasteiger partial charge in [-0.3, -0.25) is 9.69 Å². The molecule has 0 aliphatic carbocycles. The van der Waals surface area contributed by atoms with Gasteiger partial charge in [0.2, 0.25) is 5.91 Å². The van der Waals surface area contributed by atoms with Gasteiger partial charge < -0.3 is 4.90 Å². The third kappa shape index (κ3) is 2.29. The van der Waals surface area contributed by atoms with E-state index in [4.69, 9.17) is 0 Å². The zero-order valence-electron chi connectivity index (χ0n) is 12.7. The maximum atomic E-state index is 12.7. The molecule has 2 aliphatic rings. The minimum atomic E-state index is 0.0616. The molecule has 0 radical (unpaired) electrons. The topological polar surface area (TPSA) is 23.6 Å².